The van der Waals surface area contributed by atoms with Gasteiger partial charge in [-0.25, -0.2) is 0 Å². The van der Waals surface area contributed by atoms with Crippen molar-refractivity contribution in [1.82, 2.24) is 0 Å². The van der Waals surface area contributed by atoms with E-state index in [1.54, 1.807) is 36.4 Å². The third-order valence-corrected chi connectivity index (χ3v) is 5.10. The van der Waals surface area contributed by atoms with Gasteiger partial charge in [-0.2, -0.15) is 0 Å². The van der Waals surface area contributed by atoms with Crippen LogP contribution in [0.2, 0.25) is 0 Å². The van der Waals surface area contributed by atoms with E-state index in [1.165, 1.54) is 14.2 Å². The maximum absolute atomic E-state index is 12.9. The van der Waals surface area contributed by atoms with E-state index in [9.17, 15) is 9.59 Å². The number of benzene rings is 3. The lowest BCUT2D eigenvalue weighted by Gasteiger charge is -2.16. The predicted octanol–water partition coefficient (Wildman–Crippen LogP) is 5.26. The minimum Gasteiger partial charge on any atom is -0.494 e. The maximum Gasteiger partial charge on any atom is 0.291 e. The highest BCUT2D eigenvalue weighted by molar-refractivity contribution is 6.08. The van der Waals surface area contributed by atoms with Crippen molar-refractivity contribution in [3.63, 3.8) is 0 Å². The first-order chi connectivity index (χ1) is 15.5. The Morgan fingerprint density at radius 3 is 1.94 bits per heavy atom. The number of ether oxygens (including phenoxy) is 2. The van der Waals surface area contributed by atoms with Crippen LogP contribution in [0.1, 0.15) is 26.5 Å². The lowest BCUT2D eigenvalue weighted by atomic mass is 10.1. The molecule has 3 aromatic carbocycles. The first-order valence-corrected chi connectivity index (χ1v) is 9.93. The number of methoxy groups -OCH3 is 2. The van der Waals surface area contributed by atoms with Crippen LogP contribution in [-0.4, -0.2) is 26.0 Å². The van der Waals surface area contributed by atoms with Crippen molar-refractivity contribution in [3.8, 4) is 11.5 Å². The summed E-state index contributed by atoms with van der Waals surface area (Å²) in [6.45, 7) is 1.83. The van der Waals surface area contributed by atoms with E-state index in [0.29, 0.717) is 34.0 Å². The number of aryl methyl sites for hydroxylation is 1. The summed E-state index contributed by atoms with van der Waals surface area (Å²) in [6.07, 6.45) is 0. The fraction of sp³-hybridized carbons (Fsp3) is 0.120. The second-order valence-electron chi connectivity index (χ2n) is 7.08. The topological polar surface area (TPSA) is 89.8 Å². The number of fused-ring (bicyclic) bond motifs is 1. The highest BCUT2D eigenvalue weighted by atomic mass is 16.5. The number of carbonyl (C=O) groups excluding carboxylic acids is 2. The Labute approximate surface area is 184 Å². The smallest absolute Gasteiger partial charge is 0.291 e. The molecule has 0 aliphatic heterocycles. The largest absolute Gasteiger partial charge is 0.494 e. The molecule has 0 fully saturated rings. The average molecular weight is 430 g/mol. The van der Waals surface area contributed by atoms with E-state index in [2.05, 4.69) is 10.6 Å². The molecule has 0 bridgehead atoms. The third-order valence-electron chi connectivity index (χ3n) is 5.10. The minimum atomic E-state index is -0.417. The van der Waals surface area contributed by atoms with Crippen molar-refractivity contribution in [2.45, 2.75) is 6.92 Å². The summed E-state index contributed by atoms with van der Waals surface area (Å²) in [6, 6.07) is 19.5. The van der Waals surface area contributed by atoms with Crippen LogP contribution in [-0.2, 0) is 0 Å². The monoisotopic (exact) mass is 430 g/mol. The highest BCUT2D eigenvalue weighted by Gasteiger charge is 2.21. The number of hydrogen-bond acceptors (Lipinski definition) is 5. The highest BCUT2D eigenvalue weighted by Crippen LogP contribution is 2.37. The number of para-hydroxylation sites is 1. The van der Waals surface area contributed by atoms with Gasteiger partial charge >= 0.3 is 0 Å². The summed E-state index contributed by atoms with van der Waals surface area (Å²) in [5.41, 5.74) is 2.68. The Kier molecular flexibility index (Phi) is 5.81. The fourth-order valence-electron chi connectivity index (χ4n) is 3.45. The molecule has 1 heterocycles. The molecule has 0 saturated heterocycles. The normalized spacial score (nSPS) is 10.6. The Hall–Kier alpha value is -4.26. The van der Waals surface area contributed by atoms with Gasteiger partial charge in [-0.1, -0.05) is 36.4 Å². The summed E-state index contributed by atoms with van der Waals surface area (Å²) in [5.74, 6) is 0.234. The molecule has 4 rings (SSSR count). The van der Waals surface area contributed by atoms with Crippen molar-refractivity contribution < 1.29 is 23.5 Å². The second kappa shape index (κ2) is 8.85. The van der Waals surface area contributed by atoms with Crippen molar-refractivity contribution in [2.75, 3.05) is 24.9 Å². The standard InChI is InChI=1S/C25H22N2O5/c1-15-17-11-7-8-12-20(17)32-23(15)25(29)27-19-14-21(30-2)18(13-22(19)31-3)26-24(28)16-9-5-4-6-10-16/h4-14H,1-3H3,(H,26,28)(H,27,29). The van der Waals surface area contributed by atoms with E-state index in [-0.39, 0.29) is 11.7 Å². The zero-order valence-corrected chi connectivity index (χ0v) is 17.9. The zero-order valence-electron chi connectivity index (χ0n) is 17.9. The Morgan fingerprint density at radius 2 is 1.34 bits per heavy atom. The molecule has 0 radical (unpaired) electrons. The van der Waals surface area contributed by atoms with Gasteiger partial charge in [0.05, 0.1) is 25.6 Å². The van der Waals surface area contributed by atoms with Crippen LogP contribution in [0.4, 0.5) is 11.4 Å². The quantitative estimate of drug-likeness (QED) is 0.435. The van der Waals surface area contributed by atoms with Crippen LogP contribution in [0.25, 0.3) is 11.0 Å². The number of anilines is 2. The van der Waals surface area contributed by atoms with Crippen LogP contribution >= 0.6 is 0 Å². The van der Waals surface area contributed by atoms with Gasteiger partial charge in [0.2, 0.25) is 0 Å². The van der Waals surface area contributed by atoms with Gasteiger partial charge < -0.3 is 24.5 Å². The zero-order chi connectivity index (χ0) is 22.7. The predicted molar refractivity (Wildman–Crippen MR) is 123 cm³/mol. The van der Waals surface area contributed by atoms with Crippen LogP contribution in [0.15, 0.2) is 71.1 Å². The molecular formula is C25H22N2O5. The second-order valence-corrected chi connectivity index (χ2v) is 7.08. The average Bonchev–Trinajstić information content (AvgIpc) is 3.17. The molecule has 7 nitrogen and oxygen atoms in total. The van der Waals surface area contributed by atoms with Gasteiger partial charge in [-0.3, -0.25) is 9.59 Å². The Bertz CT molecular complexity index is 1290. The van der Waals surface area contributed by atoms with E-state index in [1.807, 2.05) is 37.3 Å². The number of rotatable bonds is 6. The van der Waals surface area contributed by atoms with Crippen LogP contribution in [0.3, 0.4) is 0 Å². The molecule has 162 valence electrons. The van der Waals surface area contributed by atoms with Gasteiger partial charge in [0, 0.05) is 28.6 Å². The molecule has 0 saturated carbocycles. The summed E-state index contributed by atoms with van der Waals surface area (Å²) in [4.78, 5) is 25.5. The first-order valence-electron chi connectivity index (χ1n) is 9.93. The van der Waals surface area contributed by atoms with E-state index in [0.717, 1.165) is 10.9 Å². The summed E-state index contributed by atoms with van der Waals surface area (Å²) in [5, 5.41) is 6.51. The molecule has 0 atom stereocenters. The number of furan rings is 1. The number of amides is 2. The first kappa shape index (κ1) is 21.0. The van der Waals surface area contributed by atoms with E-state index >= 15 is 0 Å². The molecule has 2 N–H and O–H groups in total. The van der Waals surface area contributed by atoms with Crippen LogP contribution < -0.4 is 20.1 Å². The van der Waals surface area contributed by atoms with Gasteiger partial charge in [-0.15, -0.1) is 0 Å². The summed E-state index contributed by atoms with van der Waals surface area (Å²) in [7, 11) is 2.96. The van der Waals surface area contributed by atoms with Crippen molar-refractivity contribution in [3.05, 3.63) is 83.6 Å². The summed E-state index contributed by atoms with van der Waals surface area (Å²) >= 11 is 0. The third kappa shape index (κ3) is 4.00. The van der Waals surface area contributed by atoms with Crippen molar-refractivity contribution >= 4 is 34.2 Å². The lowest BCUT2D eigenvalue weighted by Crippen LogP contribution is -2.15. The molecule has 4 aromatic rings. The molecule has 7 heteroatoms. The SMILES string of the molecule is COc1cc(NC(=O)c2oc3ccccc3c2C)c(OC)cc1NC(=O)c1ccccc1. The molecule has 0 aliphatic carbocycles. The van der Waals surface area contributed by atoms with Gasteiger partial charge in [-0.05, 0) is 25.1 Å². The van der Waals surface area contributed by atoms with E-state index < -0.39 is 5.91 Å². The minimum absolute atomic E-state index is 0.216. The Balaban J connectivity index is 1.63. The van der Waals surface area contributed by atoms with E-state index in [4.69, 9.17) is 13.9 Å². The maximum atomic E-state index is 12.9. The van der Waals surface area contributed by atoms with Gasteiger partial charge in [0.1, 0.15) is 17.1 Å². The van der Waals surface area contributed by atoms with Crippen LogP contribution in [0.5, 0.6) is 11.5 Å². The fourth-order valence-corrected chi connectivity index (χ4v) is 3.45. The van der Waals surface area contributed by atoms with Gasteiger partial charge in [0.15, 0.2) is 5.76 Å². The van der Waals surface area contributed by atoms with Gasteiger partial charge in [0.25, 0.3) is 11.8 Å². The number of hydrogen-bond donors (Lipinski definition) is 2. The Morgan fingerprint density at radius 1 is 0.781 bits per heavy atom. The molecular weight excluding hydrogens is 408 g/mol. The molecule has 0 spiro atoms. The molecule has 32 heavy (non-hydrogen) atoms. The molecule has 0 unspecified atom stereocenters. The van der Waals surface area contributed by atoms with Crippen molar-refractivity contribution in [1.29, 1.82) is 0 Å². The molecule has 2 amide bonds. The molecule has 1 aromatic heterocycles. The van der Waals surface area contributed by atoms with Crippen molar-refractivity contribution in [2.24, 2.45) is 0 Å². The lowest BCUT2D eigenvalue weighted by molar-refractivity contribution is 0.0995. The number of carbonyl (C=O) groups is 2. The number of nitrogens with one attached hydrogen (secondary N) is 2. The molecule has 0 aliphatic rings. The summed E-state index contributed by atoms with van der Waals surface area (Å²) < 4.78 is 16.6. The van der Waals surface area contributed by atoms with Crippen LogP contribution in [0, 0.1) is 6.92 Å².